The summed E-state index contributed by atoms with van der Waals surface area (Å²) in [7, 11) is 0. The number of rotatable bonds is 2. The zero-order valence-electron chi connectivity index (χ0n) is 17.4. The van der Waals surface area contributed by atoms with E-state index in [0.29, 0.717) is 0 Å². The molecule has 2 atom stereocenters. The van der Waals surface area contributed by atoms with Gasteiger partial charge in [0, 0.05) is 41.3 Å². The first-order chi connectivity index (χ1) is 15.7. The maximum atomic E-state index is 11.0. The van der Waals surface area contributed by atoms with Crippen LogP contribution >= 0.6 is 0 Å². The molecule has 0 radical (unpaired) electrons. The van der Waals surface area contributed by atoms with Crippen molar-refractivity contribution in [3.63, 3.8) is 0 Å². The van der Waals surface area contributed by atoms with Gasteiger partial charge < -0.3 is 4.55 Å². The molecule has 1 aliphatic rings. The van der Waals surface area contributed by atoms with Gasteiger partial charge in [-0.05, 0) is 70.1 Å². The minimum atomic E-state index is -2.23. The lowest BCUT2D eigenvalue weighted by molar-refractivity contribution is 0.480. The number of benzene rings is 3. The first-order valence-electron chi connectivity index (χ1n) is 10.6. The molecule has 0 saturated carbocycles. The Hall–Kier alpha value is -3.19. The van der Waals surface area contributed by atoms with E-state index in [1.807, 2.05) is 24.4 Å². The smallest absolute Gasteiger partial charge is 0.0732 e. The summed E-state index contributed by atoms with van der Waals surface area (Å²) in [5.41, 5.74) is 3.41. The molecule has 2 aromatic heterocycles. The summed E-state index contributed by atoms with van der Waals surface area (Å²) >= 11 is -2.23. The molecule has 2 heterocycles. The van der Waals surface area contributed by atoms with Gasteiger partial charge in [0.2, 0.25) is 0 Å². The second-order valence-electron chi connectivity index (χ2n) is 7.88. The van der Waals surface area contributed by atoms with Gasteiger partial charge in [0.25, 0.3) is 0 Å². The largest absolute Gasteiger partial charge is 0.760 e. The molecule has 5 nitrogen and oxygen atoms in total. The Morgan fingerprint density at radius 3 is 2.59 bits per heavy atom. The fourth-order valence-electron chi connectivity index (χ4n) is 4.57. The lowest BCUT2D eigenvalue weighted by atomic mass is 9.84. The van der Waals surface area contributed by atoms with Crippen LogP contribution in [0.5, 0.6) is 0 Å². The molecule has 6 rings (SSSR count). The van der Waals surface area contributed by atoms with Crippen LogP contribution in [0.15, 0.2) is 85.3 Å². The maximum absolute atomic E-state index is 11.0. The van der Waals surface area contributed by atoms with Crippen LogP contribution in [0.4, 0.5) is 0 Å². The van der Waals surface area contributed by atoms with Crippen LogP contribution < -0.4 is 4.72 Å². The molecule has 32 heavy (non-hydrogen) atoms. The van der Waals surface area contributed by atoms with E-state index in [9.17, 15) is 8.76 Å². The Morgan fingerprint density at radius 1 is 0.875 bits per heavy atom. The van der Waals surface area contributed by atoms with E-state index in [2.05, 4.69) is 63.2 Å². The van der Waals surface area contributed by atoms with Gasteiger partial charge in [-0.25, -0.2) is 4.72 Å². The summed E-state index contributed by atoms with van der Waals surface area (Å²) in [5.74, 6) is 0. The Kier molecular flexibility index (Phi) is 5.90. The average Bonchev–Trinajstić information content (AvgIpc) is 2.84. The molecule has 0 bridgehead atoms. The van der Waals surface area contributed by atoms with Crippen molar-refractivity contribution in [3.8, 4) is 0 Å². The lowest BCUT2D eigenvalue weighted by Crippen LogP contribution is -2.26. The van der Waals surface area contributed by atoms with Crippen LogP contribution in [0.25, 0.3) is 32.4 Å². The number of nitrogens with one attached hydrogen (secondary N) is 1. The number of hydrogen-bond donors (Lipinski definition) is 1. The highest BCUT2D eigenvalue weighted by Crippen LogP contribution is 2.37. The van der Waals surface area contributed by atoms with E-state index >= 15 is 0 Å². The monoisotopic (exact) mass is 440 g/mol. The van der Waals surface area contributed by atoms with Gasteiger partial charge in [-0.1, -0.05) is 48.5 Å². The predicted molar refractivity (Wildman–Crippen MR) is 129 cm³/mol. The first kappa shape index (κ1) is 20.7. The summed E-state index contributed by atoms with van der Waals surface area (Å²) in [5, 5.41) is 6.08. The number of aromatic nitrogens is 2. The number of fused-ring (bicyclic) bond motifs is 6. The third-order valence-corrected chi connectivity index (χ3v) is 6.49. The van der Waals surface area contributed by atoms with E-state index in [1.165, 1.54) is 27.1 Å². The molecule has 1 N–H and O–H groups in total. The van der Waals surface area contributed by atoms with Gasteiger partial charge in [-0.2, -0.15) is 0 Å². The van der Waals surface area contributed by atoms with Crippen molar-refractivity contribution in [2.24, 2.45) is 0 Å². The van der Waals surface area contributed by atoms with Crippen LogP contribution in [-0.2, 0) is 17.7 Å². The Morgan fingerprint density at radius 2 is 1.72 bits per heavy atom. The second kappa shape index (κ2) is 9.12. The van der Waals surface area contributed by atoms with Gasteiger partial charge in [0.05, 0.1) is 5.52 Å². The van der Waals surface area contributed by atoms with Gasteiger partial charge >= 0.3 is 0 Å². The van der Waals surface area contributed by atoms with Gasteiger partial charge in [0.1, 0.15) is 0 Å². The minimum absolute atomic E-state index is 0.0991. The van der Waals surface area contributed by atoms with Crippen LogP contribution in [0.3, 0.4) is 0 Å². The molecule has 0 fully saturated rings. The molecule has 2 unspecified atom stereocenters. The van der Waals surface area contributed by atoms with E-state index in [-0.39, 0.29) is 6.04 Å². The van der Waals surface area contributed by atoms with Crippen LogP contribution in [-0.4, -0.2) is 18.7 Å². The highest BCUT2D eigenvalue weighted by molar-refractivity contribution is 7.77. The molecule has 0 spiro atoms. The van der Waals surface area contributed by atoms with Gasteiger partial charge in [-0.3, -0.25) is 14.2 Å². The molecule has 5 aromatic rings. The summed E-state index contributed by atoms with van der Waals surface area (Å²) in [6.07, 6.45) is 8.21. The van der Waals surface area contributed by atoms with E-state index < -0.39 is 11.3 Å². The fourth-order valence-corrected chi connectivity index (χ4v) is 5.04. The number of pyridine rings is 2. The van der Waals surface area contributed by atoms with E-state index in [0.717, 1.165) is 35.7 Å². The molecule has 0 saturated heterocycles. The van der Waals surface area contributed by atoms with Crippen LogP contribution in [0.2, 0.25) is 0 Å². The van der Waals surface area contributed by atoms with Crippen molar-refractivity contribution in [1.82, 2.24) is 14.7 Å². The third-order valence-electron chi connectivity index (χ3n) is 6.01. The summed E-state index contributed by atoms with van der Waals surface area (Å²) in [6, 6.07) is 22.6. The normalized spacial score (nSPS) is 16.3. The lowest BCUT2D eigenvalue weighted by Gasteiger charge is -2.28. The Balaban J connectivity index is 0.000000180. The Labute approximate surface area is 188 Å². The van der Waals surface area contributed by atoms with Gasteiger partial charge in [-0.15, -0.1) is 0 Å². The number of nitrogens with zero attached hydrogens (tertiary/aromatic N) is 2. The summed E-state index contributed by atoms with van der Waals surface area (Å²) in [6.45, 7) is 0. The number of hydrogen-bond acceptors (Lipinski definition) is 4. The molecule has 1 aliphatic carbocycles. The van der Waals surface area contributed by atoms with Crippen molar-refractivity contribution in [1.29, 1.82) is 0 Å². The molecular weight excluding hydrogens is 418 g/mol. The van der Waals surface area contributed by atoms with Crippen molar-refractivity contribution in [2.75, 3.05) is 0 Å². The topological polar surface area (TPSA) is 77.9 Å². The fraction of sp³-hybridized carbons (Fsp3) is 0.154. The van der Waals surface area contributed by atoms with E-state index in [4.69, 9.17) is 0 Å². The predicted octanol–water partition coefficient (Wildman–Crippen LogP) is 5.38. The van der Waals surface area contributed by atoms with Crippen molar-refractivity contribution in [3.05, 3.63) is 96.4 Å². The Bertz CT molecular complexity index is 1370. The molecular formula is C26H22N3O2S-. The molecule has 6 heteroatoms. The summed E-state index contributed by atoms with van der Waals surface area (Å²) in [4.78, 5) is 8.11. The van der Waals surface area contributed by atoms with Crippen LogP contribution in [0.1, 0.15) is 30.0 Å². The highest BCUT2D eigenvalue weighted by atomic mass is 32.2. The zero-order chi connectivity index (χ0) is 21.9. The highest BCUT2D eigenvalue weighted by Gasteiger charge is 2.22. The van der Waals surface area contributed by atoms with Crippen molar-refractivity contribution in [2.45, 2.75) is 25.3 Å². The SMILES string of the molecule is O=S([O-])NC1CCCc2c1ccc1c2ccc2ccccc21.c1cnc2ccncc2c1. The van der Waals surface area contributed by atoms with E-state index in [1.54, 1.807) is 12.4 Å². The minimum Gasteiger partial charge on any atom is -0.760 e. The van der Waals surface area contributed by atoms with Gasteiger partial charge in [0.15, 0.2) is 0 Å². The molecule has 3 aromatic carbocycles. The van der Waals surface area contributed by atoms with Crippen molar-refractivity contribution >= 4 is 43.7 Å². The second-order valence-corrected chi connectivity index (χ2v) is 8.59. The number of aryl methyl sites for hydroxylation is 1. The molecule has 160 valence electrons. The molecule has 0 aliphatic heterocycles. The first-order valence-corrected chi connectivity index (χ1v) is 11.7. The molecule has 0 amide bonds. The standard InChI is InChI=1S/C18H17NO2S.C8H6N2/c20-22(21)19-18-7-3-6-14-16-9-8-12-4-1-2-5-13(12)15(16)10-11-17(14)18;1-2-7-6-9-5-3-8(7)10-4-1/h1-2,4-5,8-11,18-19H,3,6-7H2,(H,20,21);1-6H/p-1. The quantitative estimate of drug-likeness (QED) is 0.295. The summed E-state index contributed by atoms with van der Waals surface area (Å²) < 4.78 is 24.7. The van der Waals surface area contributed by atoms with Crippen LogP contribution in [0, 0.1) is 0 Å². The zero-order valence-corrected chi connectivity index (χ0v) is 18.2. The van der Waals surface area contributed by atoms with Crippen molar-refractivity contribution < 1.29 is 8.76 Å². The third kappa shape index (κ3) is 4.12. The maximum Gasteiger partial charge on any atom is 0.0732 e. The average molecular weight is 441 g/mol.